The molecule has 0 spiro atoms. The lowest BCUT2D eigenvalue weighted by Gasteiger charge is -2.29. The maximum Gasteiger partial charge on any atom is 0.410 e. The van der Waals surface area contributed by atoms with Crippen LogP contribution in [0.5, 0.6) is 0 Å². The minimum Gasteiger partial charge on any atom is -0.444 e. The predicted molar refractivity (Wildman–Crippen MR) is 286 cm³/mol. The summed E-state index contributed by atoms with van der Waals surface area (Å²) in [6, 6.07) is 6.34. The highest BCUT2D eigenvalue weighted by Gasteiger charge is 2.25. The van der Waals surface area contributed by atoms with Gasteiger partial charge in [0.2, 0.25) is 11.9 Å². The first-order chi connectivity index (χ1) is 34.8. The molecule has 0 aliphatic heterocycles. The largest absolute Gasteiger partial charge is 0.444 e. The maximum absolute atomic E-state index is 13.3. The molecule has 5 amide bonds. The summed E-state index contributed by atoms with van der Waals surface area (Å²) >= 11 is 0. The number of anilines is 2. The van der Waals surface area contributed by atoms with Gasteiger partial charge in [0, 0.05) is 57.8 Å². The summed E-state index contributed by atoms with van der Waals surface area (Å²) in [5.74, 6) is -0.201. The predicted octanol–water partition coefficient (Wildman–Crippen LogP) is 6.48. The van der Waals surface area contributed by atoms with Crippen molar-refractivity contribution in [2.24, 2.45) is 0 Å². The molecule has 1 aromatic carbocycles. The lowest BCUT2D eigenvalue weighted by Crippen LogP contribution is -2.40. The van der Waals surface area contributed by atoms with Gasteiger partial charge in [-0.25, -0.2) is 19.2 Å². The number of nitrogens with one attached hydrogen (secondary N) is 6. The molecule has 3 rings (SSSR count). The molecule has 0 unspecified atom stereocenters. The van der Waals surface area contributed by atoms with E-state index in [1.165, 1.54) is 4.57 Å². The molecule has 2 heterocycles. The minimum atomic E-state index is -0.698. The number of aromatic amines is 1. The van der Waals surface area contributed by atoms with Crippen LogP contribution in [0.25, 0.3) is 11.2 Å². The number of fused-ring (bicyclic) bond motifs is 1. The van der Waals surface area contributed by atoms with Gasteiger partial charge in [-0.15, -0.1) is 0 Å². The Morgan fingerprint density at radius 2 is 1.27 bits per heavy atom. The van der Waals surface area contributed by atoms with Crippen LogP contribution in [0.1, 0.15) is 156 Å². The van der Waals surface area contributed by atoms with Crippen LogP contribution in [-0.4, -0.2) is 147 Å². The summed E-state index contributed by atoms with van der Waals surface area (Å²) in [4.78, 5) is 105. The summed E-state index contributed by atoms with van der Waals surface area (Å²) in [6.07, 6.45) is 5.54. The van der Waals surface area contributed by atoms with E-state index in [1.807, 2.05) is 20.8 Å². The van der Waals surface area contributed by atoms with Crippen LogP contribution in [0.3, 0.4) is 0 Å². The number of unbranched alkanes of at least 4 members (excludes halogenated alkanes) is 4. The summed E-state index contributed by atoms with van der Waals surface area (Å²) in [5, 5.41) is 14.4. The summed E-state index contributed by atoms with van der Waals surface area (Å²) < 4.78 is 18.1. The maximum atomic E-state index is 13.3. The first kappa shape index (κ1) is 61.8. The number of imidazole rings is 1. The van der Waals surface area contributed by atoms with Gasteiger partial charge in [-0.3, -0.25) is 19.0 Å². The Balaban J connectivity index is 1.39. The van der Waals surface area contributed by atoms with Crippen LogP contribution in [0.4, 0.5) is 26.1 Å². The van der Waals surface area contributed by atoms with Crippen molar-refractivity contribution >= 4 is 58.8 Å². The molecule has 0 radical (unpaired) electrons. The Morgan fingerprint density at radius 3 is 1.84 bits per heavy atom. The van der Waals surface area contributed by atoms with Crippen molar-refractivity contribution in [1.82, 2.24) is 50.6 Å². The van der Waals surface area contributed by atoms with Crippen molar-refractivity contribution in [1.29, 1.82) is 0 Å². The van der Waals surface area contributed by atoms with Crippen LogP contribution in [0, 0.1) is 0 Å². The van der Waals surface area contributed by atoms with Crippen LogP contribution in [-0.2, 0) is 30.3 Å². The molecule has 2 aromatic heterocycles. The van der Waals surface area contributed by atoms with E-state index < -0.39 is 46.7 Å². The minimum absolute atomic E-state index is 0.0653. The summed E-state index contributed by atoms with van der Waals surface area (Å²) in [5.41, 5.74) is 5.53. The Hall–Kier alpha value is -6.45. The zero-order valence-corrected chi connectivity index (χ0v) is 45.9. The van der Waals surface area contributed by atoms with E-state index in [9.17, 15) is 33.6 Å². The molecule has 8 N–H and O–H groups in total. The van der Waals surface area contributed by atoms with E-state index in [2.05, 4.69) is 48.5 Å². The standard InChI is InChI=1S/C52H86N12O10/c1-12-13-27-56-45-60-42(53)41-43(61-45)64(46(68)59-41)35-36-23-25-37(26-24-36)44(67)58-34-40(66)55-28-16-14-21-38(54-11)39(65)22-15-17-30-62(48(70)73-51(5,6)7)31-18-19-32-63(49(71)74-52(8,9)10)33-20-29-57-47(69)72-50(2,3)4/h23-26,38,54H,12-22,27-35H2,1-11H3,(H,55,66)(H,57,69)(H,58,67)(H,59,68)(H3,53,56,60,61)/t38-/m0/s1. The highest BCUT2D eigenvalue weighted by Crippen LogP contribution is 2.19. The quantitative estimate of drug-likeness (QED) is 0.0278. The number of alkyl carbamates (subject to hydrolysis) is 1. The van der Waals surface area contributed by atoms with Crippen molar-refractivity contribution in [3.8, 4) is 0 Å². The Labute approximate surface area is 436 Å². The van der Waals surface area contributed by atoms with Gasteiger partial charge in [0.25, 0.3) is 5.91 Å². The molecule has 1 atom stereocenters. The highest BCUT2D eigenvalue weighted by atomic mass is 16.6. The number of nitrogen functional groups attached to an aromatic ring is 1. The second kappa shape index (κ2) is 30.0. The summed E-state index contributed by atoms with van der Waals surface area (Å²) in [6.45, 7) is 21.1. The molecular weight excluding hydrogens is 953 g/mol. The van der Waals surface area contributed by atoms with Gasteiger partial charge in [-0.05, 0) is 145 Å². The number of carbonyl (C=O) groups is 6. The molecule has 0 bridgehead atoms. The van der Waals surface area contributed by atoms with E-state index in [0.29, 0.717) is 126 Å². The van der Waals surface area contributed by atoms with Crippen LogP contribution < -0.4 is 38.0 Å². The fraction of sp³-hybridized carbons (Fsp3) is 0.673. The molecule has 22 nitrogen and oxygen atoms in total. The topological polar surface area (TPSA) is 286 Å². The smallest absolute Gasteiger partial charge is 0.410 e. The molecule has 0 saturated heterocycles. The Morgan fingerprint density at radius 1 is 0.703 bits per heavy atom. The summed E-state index contributed by atoms with van der Waals surface area (Å²) in [7, 11) is 1.75. The van der Waals surface area contributed by atoms with Gasteiger partial charge in [0.1, 0.15) is 28.1 Å². The monoisotopic (exact) mass is 1040 g/mol. The fourth-order valence-electron chi connectivity index (χ4n) is 7.49. The van der Waals surface area contributed by atoms with E-state index in [1.54, 1.807) is 82.7 Å². The van der Waals surface area contributed by atoms with Crippen molar-refractivity contribution in [3.63, 3.8) is 0 Å². The third-order valence-corrected chi connectivity index (χ3v) is 11.2. The Kier molecular flexibility index (Phi) is 25.1. The number of amides is 5. The number of likely N-dealkylation sites (N-methyl/N-ethyl adjacent to an activating group) is 1. The molecular formula is C52H86N12O10. The number of nitrogens with zero attached hydrogens (tertiary/aromatic N) is 5. The van der Waals surface area contributed by atoms with Gasteiger partial charge in [0.15, 0.2) is 11.5 Å². The molecule has 22 heteroatoms. The van der Waals surface area contributed by atoms with E-state index >= 15 is 0 Å². The van der Waals surface area contributed by atoms with Crippen molar-refractivity contribution in [2.75, 3.05) is 70.5 Å². The molecule has 0 fully saturated rings. The SMILES string of the molecule is CCCCNc1nc(N)c2[nH]c(=O)n(Cc3ccc(C(=O)NCC(=O)NCCCC[C@H](NC)C(=O)CCCCN(CCCCN(CCCNC(=O)OC(C)(C)C)C(=O)OC(C)(C)C)C(=O)OC(C)(C)C)cc3)c2n1. The first-order valence-corrected chi connectivity index (χ1v) is 26.1. The second-order valence-electron chi connectivity index (χ2n) is 21.3. The van der Waals surface area contributed by atoms with E-state index in [0.717, 1.165) is 18.4 Å². The van der Waals surface area contributed by atoms with Crippen molar-refractivity contribution in [3.05, 3.63) is 45.9 Å². The fourth-order valence-corrected chi connectivity index (χ4v) is 7.49. The number of Topliss-reactive ketones (excluding diaryl/α,β-unsaturated/α-hetero) is 1. The molecule has 0 saturated carbocycles. The molecule has 414 valence electrons. The van der Waals surface area contributed by atoms with E-state index in [4.69, 9.17) is 19.9 Å². The lowest BCUT2D eigenvalue weighted by molar-refractivity contribution is -0.121. The number of ketones is 1. The lowest BCUT2D eigenvalue weighted by atomic mass is 10.0. The number of nitrogens with two attached hydrogens (primary N) is 1. The number of H-pyrrole nitrogens is 1. The van der Waals surface area contributed by atoms with Crippen LogP contribution in [0.2, 0.25) is 0 Å². The van der Waals surface area contributed by atoms with E-state index in [-0.39, 0.29) is 36.6 Å². The highest BCUT2D eigenvalue weighted by molar-refractivity contribution is 5.96. The zero-order chi connectivity index (χ0) is 55.1. The molecule has 3 aromatic rings. The molecule has 0 aliphatic rings. The van der Waals surface area contributed by atoms with Gasteiger partial charge in [-0.2, -0.15) is 9.97 Å². The second-order valence-corrected chi connectivity index (χ2v) is 21.3. The number of benzene rings is 1. The number of carbonyl (C=O) groups excluding carboxylic acids is 6. The first-order valence-electron chi connectivity index (χ1n) is 26.1. The average Bonchev–Trinajstić information content (AvgIpc) is 3.61. The van der Waals surface area contributed by atoms with Gasteiger partial charge in [0.05, 0.1) is 19.1 Å². The van der Waals surface area contributed by atoms with Gasteiger partial charge < -0.3 is 61.3 Å². The average molecular weight is 1040 g/mol. The third-order valence-electron chi connectivity index (χ3n) is 11.2. The Bertz CT molecular complexity index is 2330. The van der Waals surface area contributed by atoms with Crippen molar-refractivity contribution < 1.29 is 43.0 Å². The number of hydrogen-bond acceptors (Lipinski definition) is 15. The molecule has 74 heavy (non-hydrogen) atoms. The number of aromatic nitrogens is 4. The number of rotatable bonds is 30. The van der Waals surface area contributed by atoms with Gasteiger partial charge >= 0.3 is 24.0 Å². The van der Waals surface area contributed by atoms with Gasteiger partial charge in [-0.1, -0.05) is 25.5 Å². The van der Waals surface area contributed by atoms with Crippen LogP contribution in [0.15, 0.2) is 29.1 Å². The number of ether oxygens (including phenoxy) is 3. The third kappa shape index (κ3) is 23.6. The molecule has 0 aliphatic carbocycles. The van der Waals surface area contributed by atoms with Crippen LogP contribution >= 0.6 is 0 Å². The van der Waals surface area contributed by atoms with Crippen molar-refractivity contribution in [2.45, 2.75) is 169 Å². The normalized spacial score (nSPS) is 12.1. The number of hydrogen-bond donors (Lipinski definition) is 7. The zero-order valence-electron chi connectivity index (χ0n) is 45.9.